The van der Waals surface area contributed by atoms with Crippen molar-refractivity contribution in [3.63, 3.8) is 0 Å². The molecule has 1 heterocycles. The molecule has 1 aromatic heterocycles. The van der Waals surface area contributed by atoms with Gasteiger partial charge in [-0.05, 0) is 18.6 Å². The van der Waals surface area contributed by atoms with Gasteiger partial charge in [0.1, 0.15) is 0 Å². The highest BCUT2D eigenvalue weighted by atomic mass is 16.5. The van der Waals surface area contributed by atoms with Crippen molar-refractivity contribution >= 4 is 5.91 Å². The van der Waals surface area contributed by atoms with Crippen molar-refractivity contribution in [1.29, 1.82) is 0 Å². The van der Waals surface area contributed by atoms with Gasteiger partial charge in [0.25, 0.3) is 0 Å². The van der Waals surface area contributed by atoms with Gasteiger partial charge in [0, 0.05) is 26.0 Å². The van der Waals surface area contributed by atoms with E-state index in [4.69, 9.17) is 10.5 Å². The van der Waals surface area contributed by atoms with Crippen molar-refractivity contribution in [2.45, 2.75) is 25.5 Å². The van der Waals surface area contributed by atoms with E-state index in [1.165, 1.54) is 0 Å². The maximum absolute atomic E-state index is 11.7. The largest absolute Gasteiger partial charge is 0.380 e. The van der Waals surface area contributed by atoms with Gasteiger partial charge in [0.05, 0.1) is 18.6 Å². The van der Waals surface area contributed by atoms with Gasteiger partial charge >= 0.3 is 0 Å². The number of carbonyl (C=O) groups is 1. The molecular formula is C12H19N3O2. The zero-order valence-electron chi connectivity index (χ0n) is 10.2. The number of amides is 1. The number of rotatable bonds is 6. The number of carbonyl (C=O) groups excluding carboxylic acids is 1. The van der Waals surface area contributed by atoms with Crippen molar-refractivity contribution in [3.05, 3.63) is 30.1 Å². The van der Waals surface area contributed by atoms with Crippen LogP contribution in [-0.2, 0) is 9.53 Å². The first-order valence-corrected chi connectivity index (χ1v) is 5.59. The van der Waals surface area contributed by atoms with E-state index in [0.29, 0.717) is 6.54 Å². The maximum atomic E-state index is 11.7. The summed E-state index contributed by atoms with van der Waals surface area (Å²) in [4.78, 5) is 15.7. The van der Waals surface area contributed by atoms with Gasteiger partial charge < -0.3 is 15.8 Å². The topological polar surface area (TPSA) is 77.2 Å². The highest BCUT2D eigenvalue weighted by Crippen LogP contribution is 2.10. The monoisotopic (exact) mass is 237 g/mol. The van der Waals surface area contributed by atoms with Crippen LogP contribution in [0.1, 0.15) is 24.9 Å². The molecule has 17 heavy (non-hydrogen) atoms. The predicted molar refractivity (Wildman–Crippen MR) is 65.3 cm³/mol. The summed E-state index contributed by atoms with van der Waals surface area (Å²) in [5.74, 6) is -0.0707. The summed E-state index contributed by atoms with van der Waals surface area (Å²) in [6, 6.07) is 3.70. The van der Waals surface area contributed by atoms with Crippen LogP contribution in [0.15, 0.2) is 24.5 Å². The number of pyridine rings is 1. The van der Waals surface area contributed by atoms with Crippen molar-refractivity contribution in [2.75, 3.05) is 13.7 Å². The molecule has 1 rings (SSSR count). The molecule has 1 aromatic rings. The van der Waals surface area contributed by atoms with Crippen molar-refractivity contribution in [3.8, 4) is 0 Å². The molecule has 0 aliphatic carbocycles. The van der Waals surface area contributed by atoms with Crippen molar-refractivity contribution in [1.82, 2.24) is 10.3 Å². The molecule has 2 atom stereocenters. The van der Waals surface area contributed by atoms with Gasteiger partial charge in [-0.3, -0.25) is 9.78 Å². The summed E-state index contributed by atoms with van der Waals surface area (Å²) in [5.41, 5.74) is 6.43. The second kappa shape index (κ2) is 6.98. The maximum Gasteiger partial charge on any atom is 0.223 e. The Hall–Kier alpha value is -1.46. The first kappa shape index (κ1) is 13.6. The minimum atomic E-state index is -0.226. The number of ether oxygens (including phenoxy) is 1. The van der Waals surface area contributed by atoms with Crippen LogP contribution in [0.25, 0.3) is 0 Å². The van der Waals surface area contributed by atoms with E-state index in [-0.39, 0.29) is 24.5 Å². The summed E-state index contributed by atoms with van der Waals surface area (Å²) in [7, 11) is 1.55. The summed E-state index contributed by atoms with van der Waals surface area (Å²) in [5, 5.41) is 2.88. The first-order valence-electron chi connectivity index (χ1n) is 5.59. The lowest BCUT2D eigenvalue weighted by atomic mass is 10.1. The highest BCUT2D eigenvalue weighted by Gasteiger charge is 2.14. The Morgan fingerprint density at radius 2 is 2.41 bits per heavy atom. The molecule has 1 amide bonds. The molecule has 0 saturated carbocycles. The fraction of sp³-hybridized carbons (Fsp3) is 0.500. The van der Waals surface area contributed by atoms with E-state index < -0.39 is 0 Å². The average Bonchev–Trinajstić information content (AvgIpc) is 2.37. The minimum Gasteiger partial charge on any atom is -0.380 e. The normalized spacial score (nSPS) is 14.1. The van der Waals surface area contributed by atoms with E-state index in [0.717, 1.165) is 5.56 Å². The van der Waals surface area contributed by atoms with E-state index in [1.807, 2.05) is 19.1 Å². The zero-order chi connectivity index (χ0) is 12.7. The standard InChI is InChI=1S/C12H19N3O2/c1-9(10-4-3-5-14-8-10)15-12(16)6-11(7-13)17-2/h3-5,8-9,11H,6-7,13H2,1-2H3,(H,15,16)/t9-,11?/m1/s1. The van der Waals surface area contributed by atoms with Gasteiger partial charge in [-0.1, -0.05) is 6.07 Å². The Kier molecular flexibility index (Phi) is 5.59. The fourth-order valence-electron chi connectivity index (χ4n) is 1.49. The lowest BCUT2D eigenvalue weighted by Gasteiger charge is -2.16. The molecule has 1 unspecified atom stereocenters. The van der Waals surface area contributed by atoms with Gasteiger partial charge in [0.2, 0.25) is 5.91 Å². The third kappa shape index (κ3) is 4.50. The number of nitrogens with zero attached hydrogens (tertiary/aromatic N) is 1. The predicted octanol–water partition coefficient (Wildman–Crippen LogP) is 0.623. The summed E-state index contributed by atoms with van der Waals surface area (Å²) >= 11 is 0. The van der Waals surface area contributed by atoms with Gasteiger partial charge in [0.15, 0.2) is 0 Å². The third-order valence-corrected chi connectivity index (χ3v) is 2.57. The second-order valence-electron chi connectivity index (χ2n) is 3.87. The first-order chi connectivity index (χ1) is 8.17. The molecule has 0 radical (unpaired) electrons. The number of hydrogen-bond donors (Lipinski definition) is 2. The summed E-state index contributed by atoms with van der Waals surface area (Å²) < 4.78 is 5.06. The third-order valence-electron chi connectivity index (χ3n) is 2.57. The number of aromatic nitrogens is 1. The number of methoxy groups -OCH3 is 1. The Morgan fingerprint density at radius 1 is 1.65 bits per heavy atom. The van der Waals surface area contributed by atoms with Crippen LogP contribution in [0.5, 0.6) is 0 Å². The Bertz CT molecular complexity index is 339. The smallest absolute Gasteiger partial charge is 0.223 e. The van der Waals surface area contributed by atoms with Crippen molar-refractivity contribution in [2.24, 2.45) is 5.73 Å². The molecule has 0 saturated heterocycles. The molecule has 0 bridgehead atoms. The Morgan fingerprint density at radius 3 is 2.94 bits per heavy atom. The molecule has 0 aromatic carbocycles. The lowest BCUT2D eigenvalue weighted by molar-refractivity contribution is -0.124. The average molecular weight is 237 g/mol. The van der Waals surface area contributed by atoms with Crippen LogP contribution in [-0.4, -0.2) is 30.6 Å². The lowest BCUT2D eigenvalue weighted by Crippen LogP contribution is -2.33. The van der Waals surface area contributed by atoms with Crippen molar-refractivity contribution < 1.29 is 9.53 Å². The number of nitrogens with two attached hydrogens (primary N) is 1. The van der Waals surface area contributed by atoms with Gasteiger partial charge in [-0.25, -0.2) is 0 Å². The van der Waals surface area contributed by atoms with Crippen LogP contribution >= 0.6 is 0 Å². The second-order valence-corrected chi connectivity index (χ2v) is 3.87. The van der Waals surface area contributed by atoms with Crippen LogP contribution < -0.4 is 11.1 Å². The van der Waals surface area contributed by atoms with Crippen LogP contribution in [0, 0.1) is 0 Å². The molecule has 5 nitrogen and oxygen atoms in total. The quantitative estimate of drug-likeness (QED) is 0.760. The SMILES string of the molecule is COC(CN)CC(=O)N[C@H](C)c1cccnc1. The number of hydrogen-bond acceptors (Lipinski definition) is 4. The highest BCUT2D eigenvalue weighted by molar-refractivity contribution is 5.76. The molecule has 94 valence electrons. The molecule has 0 spiro atoms. The minimum absolute atomic E-state index is 0.0634. The molecule has 5 heteroatoms. The zero-order valence-corrected chi connectivity index (χ0v) is 10.2. The van der Waals surface area contributed by atoms with Crippen LogP contribution in [0.4, 0.5) is 0 Å². The van der Waals surface area contributed by atoms with E-state index >= 15 is 0 Å². The molecular weight excluding hydrogens is 218 g/mol. The summed E-state index contributed by atoms with van der Waals surface area (Å²) in [6.07, 6.45) is 3.49. The number of nitrogens with one attached hydrogen (secondary N) is 1. The Balaban J connectivity index is 2.46. The van der Waals surface area contributed by atoms with Gasteiger partial charge in [-0.15, -0.1) is 0 Å². The van der Waals surface area contributed by atoms with Crippen LogP contribution in [0.2, 0.25) is 0 Å². The van der Waals surface area contributed by atoms with Gasteiger partial charge in [-0.2, -0.15) is 0 Å². The molecule has 0 aliphatic heterocycles. The van der Waals surface area contributed by atoms with E-state index in [9.17, 15) is 4.79 Å². The van der Waals surface area contributed by atoms with E-state index in [1.54, 1.807) is 19.5 Å². The fourth-order valence-corrected chi connectivity index (χ4v) is 1.49. The molecule has 0 fully saturated rings. The Labute approximate surface area is 101 Å². The van der Waals surface area contributed by atoms with Crippen LogP contribution in [0.3, 0.4) is 0 Å². The summed E-state index contributed by atoms with van der Waals surface area (Å²) in [6.45, 7) is 2.25. The molecule has 3 N–H and O–H groups in total. The van der Waals surface area contributed by atoms with E-state index in [2.05, 4.69) is 10.3 Å². The molecule has 0 aliphatic rings.